The predicted molar refractivity (Wildman–Crippen MR) is 166 cm³/mol. The van der Waals surface area contributed by atoms with Gasteiger partial charge in [-0.15, -0.1) is 0 Å². The van der Waals surface area contributed by atoms with Crippen molar-refractivity contribution in [3.8, 4) is 0 Å². The fraction of sp³-hybridized carbons (Fsp3) is 0.545. The number of piperazine rings is 1. The number of carbonyl (C=O) groups excluding carboxylic acids is 3. The second-order valence-electron chi connectivity index (χ2n) is 13.1. The molecular weight excluding hydrogens is 530 g/mol. The average Bonchev–Trinajstić information content (AvgIpc) is 3.78. The lowest BCUT2D eigenvalue weighted by Gasteiger charge is -2.47. The molecule has 2 fully saturated rings. The van der Waals surface area contributed by atoms with E-state index in [1.54, 1.807) is 14.0 Å². The van der Waals surface area contributed by atoms with Crippen LogP contribution in [0.3, 0.4) is 0 Å². The molecule has 2 N–H and O–H groups in total. The van der Waals surface area contributed by atoms with E-state index in [-0.39, 0.29) is 42.0 Å². The fourth-order valence-electron chi connectivity index (χ4n) is 6.58. The molecule has 0 spiro atoms. The van der Waals surface area contributed by atoms with Gasteiger partial charge in [0.15, 0.2) is 0 Å². The Morgan fingerprint density at radius 1 is 0.976 bits per heavy atom. The monoisotopic (exact) mass is 575 g/mol. The zero-order valence-electron chi connectivity index (χ0n) is 25.9. The van der Waals surface area contributed by atoms with Gasteiger partial charge < -0.3 is 30.1 Å². The van der Waals surface area contributed by atoms with Crippen LogP contribution in [0, 0.1) is 11.8 Å². The number of hydrogen-bond donors (Lipinski definition) is 2. The highest BCUT2D eigenvalue weighted by molar-refractivity contribution is 5.95. The number of ether oxygens (including phenoxy) is 1. The van der Waals surface area contributed by atoms with Crippen molar-refractivity contribution in [2.45, 2.75) is 78.1 Å². The first kappa shape index (κ1) is 29.7. The summed E-state index contributed by atoms with van der Waals surface area (Å²) in [6.07, 6.45) is 2.00. The van der Waals surface area contributed by atoms with Crippen LogP contribution in [0.1, 0.15) is 76.3 Å². The fourth-order valence-corrected chi connectivity index (χ4v) is 6.58. The number of rotatable bonds is 5. The summed E-state index contributed by atoms with van der Waals surface area (Å²) in [6, 6.07) is 14.1. The molecule has 2 aliphatic heterocycles. The summed E-state index contributed by atoms with van der Waals surface area (Å²) in [7, 11) is 1.63. The lowest BCUT2D eigenvalue weighted by Crippen LogP contribution is -2.55. The first-order valence-electron chi connectivity index (χ1n) is 15.1. The standard InChI is InChI=1S/C33H45N5O4/c1-20-19-36(16-17-37(20)32(41)42-33(4,5)6)26-14-15-28-27(18-26)29(21(2)30(23-8-9-23)38(28)22(3)39)35-25-12-10-24(11-13-25)31(40)34-7/h10-15,18,20-21,23,29-30,35H,8-9,16-17,19H2,1-7H3,(H,34,40)/t20-,21+,29?,30+/m0/s1. The van der Waals surface area contributed by atoms with Crippen molar-refractivity contribution in [1.82, 2.24) is 10.2 Å². The maximum absolute atomic E-state index is 13.1. The highest BCUT2D eigenvalue weighted by atomic mass is 16.6. The molecule has 3 aliphatic rings. The Hall–Kier alpha value is -3.75. The highest BCUT2D eigenvalue weighted by Crippen LogP contribution is 2.50. The second-order valence-corrected chi connectivity index (χ2v) is 13.1. The number of carbonyl (C=O) groups is 3. The zero-order chi connectivity index (χ0) is 30.3. The summed E-state index contributed by atoms with van der Waals surface area (Å²) in [4.78, 5) is 44.1. The minimum atomic E-state index is -0.533. The van der Waals surface area contributed by atoms with Crippen LogP contribution < -0.4 is 20.4 Å². The van der Waals surface area contributed by atoms with Gasteiger partial charge in [0.25, 0.3) is 5.91 Å². The molecule has 1 aliphatic carbocycles. The lowest BCUT2D eigenvalue weighted by atomic mass is 9.79. The van der Waals surface area contributed by atoms with E-state index in [4.69, 9.17) is 4.74 Å². The van der Waals surface area contributed by atoms with Gasteiger partial charge in [0.05, 0.1) is 6.04 Å². The largest absolute Gasteiger partial charge is 0.444 e. The van der Waals surface area contributed by atoms with E-state index in [2.05, 4.69) is 47.6 Å². The van der Waals surface area contributed by atoms with Crippen LogP contribution in [0.15, 0.2) is 42.5 Å². The van der Waals surface area contributed by atoms with Crippen molar-refractivity contribution in [2.75, 3.05) is 41.8 Å². The van der Waals surface area contributed by atoms with Gasteiger partial charge in [0, 0.05) is 79.8 Å². The van der Waals surface area contributed by atoms with E-state index >= 15 is 0 Å². The molecule has 4 atom stereocenters. The van der Waals surface area contributed by atoms with E-state index < -0.39 is 5.60 Å². The molecule has 0 aromatic heterocycles. The number of nitrogens with zero attached hydrogens (tertiary/aromatic N) is 3. The van der Waals surface area contributed by atoms with Crippen molar-refractivity contribution in [3.63, 3.8) is 0 Å². The zero-order valence-corrected chi connectivity index (χ0v) is 25.9. The summed E-state index contributed by atoms with van der Waals surface area (Å²) >= 11 is 0. The van der Waals surface area contributed by atoms with Crippen LogP contribution in [0.4, 0.5) is 21.9 Å². The van der Waals surface area contributed by atoms with Crippen molar-refractivity contribution in [2.24, 2.45) is 11.8 Å². The van der Waals surface area contributed by atoms with E-state index in [0.29, 0.717) is 31.1 Å². The number of amides is 3. The normalized spacial score (nSPS) is 24.1. The minimum Gasteiger partial charge on any atom is -0.444 e. The smallest absolute Gasteiger partial charge is 0.410 e. The first-order chi connectivity index (χ1) is 19.9. The number of nitrogens with one attached hydrogen (secondary N) is 2. The Labute approximate surface area is 249 Å². The van der Waals surface area contributed by atoms with Gasteiger partial charge in [0.2, 0.25) is 5.91 Å². The Morgan fingerprint density at radius 3 is 2.24 bits per heavy atom. The molecule has 5 rings (SSSR count). The van der Waals surface area contributed by atoms with Gasteiger partial charge in [-0.3, -0.25) is 9.59 Å². The Bertz CT molecular complexity index is 1330. The third kappa shape index (κ3) is 6.05. The molecule has 1 saturated carbocycles. The third-order valence-corrected chi connectivity index (χ3v) is 8.73. The summed E-state index contributed by atoms with van der Waals surface area (Å²) < 4.78 is 5.64. The van der Waals surface area contributed by atoms with Crippen LogP contribution in [0.2, 0.25) is 0 Å². The molecular formula is C33H45N5O4. The van der Waals surface area contributed by atoms with E-state index in [9.17, 15) is 14.4 Å². The molecule has 42 heavy (non-hydrogen) atoms. The molecule has 2 heterocycles. The Kier molecular flexibility index (Phi) is 8.14. The minimum absolute atomic E-state index is 0.00993. The van der Waals surface area contributed by atoms with Crippen molar-refractivity contribution in [3.05, 3.63) is 53.6 Å². The number of benzene rings is 2. The van der Waals surface area contributed by atoms with Gasteiger partial charge in [-0.05, 0) is 88.9 Å². The van der Waals surface area contributed by atoms with Gasteiger partial charge in [0.1, 0.15) is 5.60 Å². The van der Waals surface area contributed by atoms with Crippen LogP contribution in [0.25, 0.3) is 0 Å². The van der Waals surface area contributed by atoms with Gasteiger partial charge in [-0.2, -0.15) is 0 Å². The Morgan fingerprint density at radius 2 is 1.67 bits per heavy atom. The molecule has 3 amide bonds. The average molecular weight is 576 g/mol. The molecule has 2 aromatic carbocycles. The maximum atomic E-state index is 13.1. The third-order valence-electron chi connectivity index (χ3n) is 8.73. The predicted octanol–water partition coefficient (Wildman–Crippen LogP) is 5.43. The van der Waals surface area contributed by atoms with Crippen molar-refractivity contribution < 1.29 is 19.1 Å². The summed E-state index contributed by atoms with van der Waals surface area (Å²) in [5.41, 5.74) is 4.13. The summed E-state index contributed by atoms with van der Waals surface area (Å²) in [6.45, 7) is 13.6. The molecule has 9 nitrogen and oxygen atoms in total. The van der Waals surface area contributed by atoms with Crippen LogP contribution in [-0.4, -0.2) is 67.2 Å². The van der Waals surface area contributed by atoms with E-state index in [1.165, 1.54) is 0 Å². The molecule has 226 valence electrons. The van der Waals surface area contributed by atoms with Gasteiger partial charge >= 0.3 is 6.09 Å². The highest BCUT2D eigenvalue weighted by Gasteiger charge is 2.47. The molecule has 0 radical (unpaired) electrons. The lowest BCUT2D eigenvalue weighted by molar-refractivity contribution is -0.117. The van der Waals surface area contributed by atoms with Crippen LogP contribution >= 0.6 is 0 Å². The van der Waals surface area contributed by atoms with E-state index in [0.717, 1.165) is 35.5 Å². The summed E-state index contributed by atoms with van der Waals surface area (Å²) in [5.74, 6) is 0.624. The van der Waals surface area contributed by atoms with Crippen LogP contribution in [0.5, 0.6) is 0 Å². The van der Waals surface area contributed by atoms with Crippen molar-refractivity contribution in [1.29, 1.82) is 0 Å². The summed E-state index contributed by atoms with van der Waals surface area (Å²) in [5, 5.41) is 6.44. The quantitative estimate of drug-likeness (QED) is 0.494. The SMILES string of the molecule is CNC(=O)c1ccc(NC2c3cc(N4CCN(C(=O)OC(C)(C)C)[C@@H](C)C4)ccc3N(C(C)=O)[C@@H](C3CC3)[C@@H]2C)cc1. The molecule has 1 unspecified atom stereocenters. The molecule has 2 aromatic rings. The number of anilines is 3. The van der Waals surface area contributed by atoms with E-state index in [1.807, 2.05) is 54.8 Å². The second kappa shape index (κ2) is 11.5. The number of hydrogen-bond acceptors (Lipinski definition) is 6. The molecule has 0 bridgehead atoms. The van der Waals surface area contributed by atoms with Crippen molar-refractivity contribution >= 4 is 35.0 Å². The first-order valence-corrected chi connectivity index (χ1v) is 15.1. The maximum Gasteiger partial charge on any atom is 0.410 e. The Balaban J connectivity index is 1.45. The van der Waals surface area contributed by atoms with Gasteiger partial charge in [-0.1, -0.05) is 6.92 Å². The van der Waals surface area contributed by atoms with Gasteiger partial charge in [-0.25, -0.2) is 4.79 Å². The molecule has 1 saturated heterocycles. The van der Waals surface area contributed by atoms with Crippen LogP contribution in [-0.2, 0) is 9.53 Å². The molecule has 9 heteroatoms. The topological polar surface area (TPSA) is 94.2 Å². The number of fused-ring (bicyclic) bond motifs is 1.